The number of thioether (sulfide) groups is 1. The molecule has 1 fully saturated rings. The summed E-state index contributed by atoms with van der Waals surface area (Å²) < 4.78 is 24.3. The molecule has 1 saturated carbocycles. The van der Waals surface area contributed by atoms with Crippen molar-refractivity contribution in [3.05, 3.63) is 0 Å². The third kappa shape index (κ3) is 6.64. The van der Waals surface area contributed by atoms with Crippen LogP contribution in [-0.4, -0.2) is 44.8 Å². The lowest BCUT2D eigenvalue weighted by molar-refractivity contribution is 0.386. The highest BCUT2D eigenvalue weighted by atomic mass is 32.2. The van der Waals surface area contributed by atoms with Crippen molar-refractivity contribution in [2.45, 2.75) is 43.9 Å². The van der Waals surface area contributed by atoms with Crippen molar-refractivity contribution in [1.82, 2.24) is 10.0 Å². The molecule has 0 bridgehead atoms. The van der Waals surface area contributed by atoms with Crippen LogP contribution < -0.4 is 10.0 Å². The molecule has 0 aromatic carbocycles. The molecule has 17 heavy (non-hydrogen) atoms. The molecule has 2 N–H and O–H groups in total. The predicted molar refractivity (Wildman–Crippen MR) is 75.0 cm³/mol. The van der Waals surface area contributed by atoms with E-state index in [1.807, 2.05) is 11.8 Å². The lowest BCUT2D eigenvalue weighted by Crippen LogP contribution is -2.43. The summed E-state index contributed by atoms with van der Waals surface area (Å²) in [7, 11) is -3.05. The maximum Gasteiger partial charge on any atom is 0.208 e. The Morgan fingerprint density at radius 1 is 1.24 bits per heavy atom. The van der Waals surface area contributed by atoms with E-state index >= 15 is 0 Å². The third-order valence-electron chi connectivity index (χ3n) is 2.98. The van der Waals surface area contributed by atoms with Gasteiger partial charge < -0.3 is 5.32 Å². The first-order valence-electron chi connectivity index (χ1n) is 6.32. The Bertz CT molecular complexity index is 305. The topological polar surface area (TPSA) is 58.2 Å². The van der Waals surface area contributed by atoms with Crippen LogP contribution in [0, 0.1) is 0 Å². The van der Waals surface area contributed by atoms with Crippen molar-refractivity contribution in [1.29, 1.82) is 0 Å². The second-order valence-electron chi connectivity index (χ2n) is 4.51. The van der Waals surface area contributed by atoms with E-state index in [0.29, 0.717) is 17.8 Å². The molecule has 0 radical (unpaired) electrons. The van der Waals surface area contributed by atoms with Crippen molar-refractivity contribution in [3.63, 3.8) is 0 Å². The number of rotatable bonds is 7. The van der Waals surface area contributed by atoms with Gasteiger partial charge in [0.2, 0.25) is 10.0 Å². The van der Waals surface area contributed by atoms with Gasteiger partial charge in [-0.15, -0.1) is 0 Å². The highest BCUT2D eigenvalue weighted by Gasteiger charge is 2.24. The van der Waals surface area contributed by atoms with Crippen LogP contribution in [0.25, 0.3) is 0 Å². The molecule has 0 unspecified atom stereocenters. The van der Waals surface area contributed by atoms with Gasteiger partial charge in [-0.2, -0.15) is 11.8 Å². The van der Waals surface area contributed by atoms with E-state index in [4.69, 9.17) is 0 Å². The highest BCUT2D eigenvalue weighted by molar-refractivity contribution is 7.99. The highest BCUT2D eigenvalue weighted by Crippen LogP contribution is 2.28. The summed E-state index contributed by atoms with van der Waals surface area (Å²) in [5.74, 6) is 1.16. The minimum atomic E-state index is -3.05. The zero-order valence-corrected chi connectivity index (χ0v) is 12.4. The van der Waals surface area contributed by atoms with E-state index in [2.05, 4.69) is 17.0 Å². The normalized spacial score (nSPS) is 26.0. The first-order valence-corrected chi connectivity index (χ1v) is 9.26. The molecule has 1 rings (SSSR count). The molecular weight excluding hydrogens is 256 g/mol. The van der Waals surface area contributed by atoms with Crippen LogP contribution in [0.4, 0.5) is 0 Å². The fraction of sp³-hybridized carbons (Fsp3) is 1.00. The molecular formula is C11H24N2O2S2. The standard InChI is InChI=1S/C11H24N2O2S2/c1-3-16-11-7-5-4-6-10(11)12-8-9-13-17(2,14)15/h10-13H,3-9H2,1-2H3/t10-,11-/m1/s1. The summed E-state index contributed by atoms with van der Waals surface area (Å²) in [5, 5.41) is 4.18. The molecule has 2 atom stereocenters. The van der Waals surface area contributed by atoms with Gasteiger partial charge in [-0.3, -0.25) is 0 Å². The summed E-state index contributed by atoms with van der Waals surface area (Å²) in [5.41, 5.74) is 0. The molecule has 102 valence electrons. The molecule has 0 aromatic rings. The van der Waals surface area contributed by atoms with E-state index < -0.39 is 10.0 Å². The van der Waals surface area contributed by atoms with Crippen molar-refractivity contribution in [2.24, 2.45) is 0 Å². The van der Waals surface area contributed by atoms with Crippen molar-refractivity contribution in [2.75, 3.05) is 25.1 Å². The molecule has 0 aliphatic heterocycles. The van der Waals surface area contributed by atoms with Gasteiger partial charge >= 0.3 is 0 Å². The third-order valence-corrected chi connectivity index (χ3v) is 5.03. The van der Waals surface area contributed by atoms with Gasteiger partial charge in [0.15, 0.2) is 0 Å². The van der Waals surface area contributed by atoms with Crippen LogP contribution in [-0.2, 0) is 10.0 Å². The number of nitrogens with one attached hydrogen (secondary N) is 2. The Morgan fingerprint density at radius 2 is 1.94 bits per heavy atom. The van der Waals surface area contributed by atoms with E-state index in [0.717, 1.165) is 12.3 Å². The lowest BCUT2D eigenvalue weighted by atomic mass is 9.95. The van der Waals surface area contributed by atoms with Gasteiger partial charge in [0, 0.05) is 24.4 Å². The van der Waals surface area contributed by atoms with E-state index in [9.17, 15) is 8.42 Å². The summed E-state index contributed by atoms with van der Waals surface area (Å²) in [6.45, 7) is 3.40. The fourth-order valence-corrected chi connectivity index (χ4v) is 3.94. The summed E-state index contributed by atoms with van der Waals surface area (Å²) in [4.78, 5) is 0. The first kappa shape index (κ1) is 15.3. The van der Waals surface area contributed by atoms with E-state index in [-0.39, 0.29) is 0 Å². The Kier molecular flexibility index (Phi) is 6.84. The van der Waals surface area contributed by atoms with Crippen molar-refractivity contribution < 1.29 is 8.42 Å². The fourth-order valence-electron chi connectivity index (χ4n) is 2.24. The second kappa shape index (κ2) is 7.61. The van der Waals surface area contributed by atoms with Crippen molar-refractivity contribution >= 4 is 21.8 Å². The quantitative estimate of drug-likeness (QED) is 0.688. The zero-order valence-electron chi connectivity index (χ0n) is 10.7. The molecule has 0 amide bonds. The number of hydrogen-bond acceptors (Lipinski definition) is 4. The SMILES string of the molecule is CCS[C@@H]1CCCC[C@H]1NCCNS(C)(=O)=O. The predicted octanol–water partition coefficient (Wildman–Crippen LogP) is 1.19. The van der Waals surface area contributed by atoms with Gasteiger partial charge in [-0.1, -0.05) is 19.8 Å². The van der Waals surface area contributed by atoms with Gasteiger partial charge in [0.25, 0.3) is 0 Å². The monoisotopic (exact) mass is 280 g/mol. The van der Waals surface area contributed by atoms with Crippen LogP contribution in [0.3, 0.4) is 0 Å². The molecule has 0 aromatic heterocycles. The van der Waals surface area contributed by atoms with Crippen LogP contribution in [0.5, 0.6) is 0 Å². The molecule has 0 heterocycles. The minimum Gasteiger partial charge on any atom is -0.312 e. The summed E-state index contributed by atoms with van der Waals surface area (Å²) in [6, 6.07) is 0.551. The van der Waals surface area contributed by atoms with Gasteiger partial charge in [0.05, 0.1) is 6.26 Å². The molecule has 1 aliphatic carbocycles. The van der Waals surface area contributed by atoms with Crippen LogP contribution in [0.2, 0.25) is 0 Å². The smallest absolute Gasteiger partial charge is 0.208 e. The number of sulfonamides is 1. The Hall–Kier alpha value is 0.220. The second-order valence-corrected chi connectivity index (χ2v) is 7.85. The Morgan fingerprint density at radius 3 is 2.59 bits per heavy atom. The van der Waals surface area contributed by atoms with Gasteiger partial charge in [0.1, 0.15) is 0 Å². The average Bonchev–Trinajstić information content (AvgIpc) is 2.25. The molecule has 0 spiro atoms. The largest absolute Gasteiger partial charge is 0.312 e. The summed E-state index contributed by atoms with van der Waals surface area (Å²) in [6.07, 6.45) is 6.32. The maximum absolute atomic E-state index is 10.9. The van der Waals surface area contributed by atoms with Crippen LogP contribution in [0.15, 0.2) is 0 Å². The van der Waals surface area contributed by atoms with E-state index in [1.165, 1.54) is 31.9 Å². The maximum atomic E-state index is 10.9. The van der Waals surface area contributed by atoms with Gasteiger partial charge in [-0.05, 0) is 18.6 Å². The van der Waals surface area contributed by atoms with E-state index in [1.54, 1.807) is 0 Å². The lowest BCUT2D eigenvalue weighted by Gasteiger charge is -2.31. The zero-order chi connectivity index (χ0) is 12.7. The first-order chi connectivity index (χ1) is 8.03. The van der Waals surface area contributed by atoms with Crippen LogP contribution in [0.1, 0.15) is 32.6 Å². The average molecular weight is 280 g/mol. The Labute approximate surface area is 109 Å². The Balaban J connectivity index is 2.23. The molecule has 4 nitrogen and oxygen atoms in total. The number of hydrogen-bond donors (Lipinski definition) is 2. The molecule has 1 aliphatic rings. The summed E-state index contributed by atoms with van der Waals surface area (Å²) >= 11 is 2.02. The van der Waals surface area contributed by atoms with Crippen LogP contribution >= 0.6 is 11.8 Å². The van der Waals surface area contributed by atoms with Gasteiger partial charge in [-0.25, -0.2) is 13.1 Å². The molecule has 0 saturated heterocycles. The molecule has 6 heteroatoms. The van der Waals surface area contributed by atoms with Crippen molar-refractivity contribution in [3.8, 4) is 0 Å². The minimum absolute atomic E-state index is 0.485.